The van der Waals surface area contributed by atoms with Crippen molar-refractivity contribution in [1.82, 2.24) is 0 Å². The highest BCUT2D eigenvalue weighted by molar-refractivity contribution is 7.86. The van der Waals surface area contributed by atoms with Gasteiger partial charge in [0.25, 0.3) is 15.8 Å². The molecule has 1 unspecified atom stereocenters. The van der Waals surface area contributed by atoms with Crippen LogP contribution in [0.25, 0.3) is 0 Å². The quantitative estimate of drug-likeness (QED) is 0.455. The summed E-state index contributed by atoms with van der Waals surface area (Å²) in [6.45, 7) is 0.657. The molecule has 1 aliphatic rings. The number of rotatable bonds is 4. The zero-order chi connectivity index (χ0) is 13.9. The summed E-state index contributed by atoms with van der Waals surface area (Å²) in [5, 5.41) is 10.5. The van der Waals surface area contributed by atoms with Gasteiger partial charge in [0.05, 0.1) is 29.6 Å². The van der Waals surface area contributed by atoms with Crippen molar-refractivity contribution in [2.24, 2.45) is 0 Å². The molecule has 1 saturated heterocycles. The van der Waals surface area contributed by atoms with Crippen LogP contribution in [0.2, 0.25) is 0 Å². The topological polar surface area (TPSA) is 105 Å². The fourth-order valence-electron chi connectivity index (χ4n) is 1.45. The van der Waals surface area contributed by atoms with Crippen LogP contribution in [0, 0.1) is 10.1 Å². The van der Waals surface area contributed by atoms with E-state index in [1.54, 1.807) is 0 Å². The van der Waals surface area contributed by atoms with Gasteiger partial charge in [0.15, 0.2) is 6.29 Å². The monoisotopic (exact) mass is 289 g/mol. The molecule has 0 saturated carbocycles. The summed E-state index contributed by atoms with van der Waals surface area (Å²) in [6.07, 6.45) is -0.992. The fraction of sp³-hybridized carbons (Fsp3) is 0.400. The molecule has 1 aliphatic heterocycles. The Hall–Kier alpha value is -1.55. The molecule has 0 amide bonds. The summed E-state index contributed by atoms with van der Waals surface area (Å²) in [4.78, 5) is 9.68. The molecule has 1 aromatic rings. The Balaban J connectivity index is 2.12. The Kier molecular flexibility index (Phi) is 4.10. The first-order valence-electron chi connectivity index (χ1n) is 5.36. The third kappa shape index (κ3) is 3.47. The number of nitro benzene ring substituents is 1. The van der Waals surface area contributed by atoms with Crippen molar-refractivity contribution < 1.29 is 27.0 Å². The lowest BCUT2D eigenvalue weighted by Crippen LogP contribution is -2.32. The van der Waals surface area contributed by atoms with E-state index in [0.29, 0.717) is 6.61 Å². The summed E-state index contributed by atoms with van der Waals surface area (Å²) >= 11 is 0. The van der Waals surface area contributed by atoms with Crippen molar-refractivity contribution >= 4 is 15.8 Å². The van der Waals surface area contributed by atoms with Crippen LogP contribution in [0.3, 0.4) is 0 Å². The molecule has 19 heavy (non-hydrogen) atoms. The average Bonchev–Trinajstić information content (AvgIpc) is 2.39. The molecule has 0 bridgehead atoms. The van der Waals surface area contributed by atoms with Gasteiger partial charge in [0, 0.05) is 12.1 Å². The second kappa shape index (κ2) is 5.61. The van der Waals surface area contributed by atoms with E-state index < -0.39 is 21.3 Å². The lowest BCUT2D eigenvalue weighted by molar-refractivity contribution is -0.384. The molecule has 0 aromatic heterocycles. The fourth-order valence-corrected chi connectivity index (χ4v) is 2.43. The van der Waals surface area contributed by atoms with Crippen molar-refractivity contribution in [2.75, 3.05) is 19.8 Å². The zero-order valence-electron chi connectivity index (χ0n) is 9.72. The van der Waals surface area contributed by atoms with Gasteiger partial charge in [0.1, 0.15) is 0 Å². The molecule has 1 heterocycles. The van der Waals surface area contributed by atoms with E-state index in [4.69, 9.17) is 13.7 Å². The van der Waals surface area contributed by atoms with E-state index in [0.717, 1.165) is 24.3 Å². The predicted molar refractivity (Wildman–Crippen MR) is 61.9 cm³/mol. The summed E-state index contributed by atoms with van der Waals surface area (Å²) in [7, 11) is -4.03. The molecule has 0 N–H and O–H groups in total. The maximum atomic E-state index is 11.9. The van der Waals surface area contributed by atoms with Crippen LogP contribution < -0.4 is 0 Å². The number of benzene rings is 1. The van der Waals surface area contributed by atoms with Gasteiger partial charge in [-0.2, -0.15) is 8.42 Å². The van der Waals surface area contributed by atoms with Gasteiger partial charge in [0.2, 0.25) is 0 Å². The highest BCUT2D eigenvalue weighted by atomic mass is 32.2. The SMILES string of the molecule is O=[N+]([O-])c1ccc(S(=O)(=O)OC2COCCO2)cc1. The smallest absolute Gasteiger partial charge is 0.299 e. The Morgan fingerprint density at radius 1 is 1.26 bits per heavy atom. The van der Waals surface area contributed by atoms with Gasteiger partial charge < -0.3 is 9.47 Å². The summed E-state index contributed by atoms with van der Waals surface area (Å²) < 4.78 is 38.6. The van der Waals surface area contributed by atoms with Gasteiger partial charge in [-0.25, -0.2) is 4.18 Å². The Labute approximate surface area is 109 Å². The number of ether oxygens (including phenoxy) is 2. The standard InChI is InChI=1S/C10H11NO7S/c12-11(13)8-1-3-9(4-2-8)19(14,15)18-10-7-16-5-6-17-10/h1-4,10H,5-7H2. The summed E-state index contributed by atoms with van der Waals surface area (Å²) in [5.41, 5.74) is -0.198. The average molecular weight is 289 g/mol. The van der Waals surface area contributed by atoms with Crippen LogP contribution in [0.15, 0.2) is 29.2 Å². The van der Waals surface area contributed by atoms with Gasteiger partial charge in [-0.15, -0.1) is 0 Å². The molecule has 8 nitrogen and oxygen atoms in total. The van der Waals surface area contributed by atoms with Gasteiger partial charge in [-0.05, 0) is 12.1 Å². The highest BCUT2D eigenvalue weighted by Crippen LogP contribution is 2.19. The highest BCUT2D eigenvalue weighted by Gasteiger charge is 2.25. The van der Waals surface area contributed by atoms with Crippen molar-refractivity contribution in [3.63, 3.8) is 0 Å². The molecule has 1 fully saturated rings. The van der Waals surface area contributed by atoms with Crippen LogP contribution in [0.5, 0.6) is 0 Å². The van der Waals surface area contributed by atoms with Gasteiger partial charge >= 0.3 is 0 Å². The second-order valence-corrected chi connectivity index (χ2v) is 5.25. The Morgan fingerprint density at radius 2 is 1.95 bits per heavy atom. The third-order valence-corrected chi connectivity index (χ3v) is 3.67. The molecule has 0 spiro atoms. The number of non-ortho nitro benzene ring substituents is 1. The van der Waals surface area contributed by atoms with E-state index in [9.17, 15) is 18.5 Å². The van der Waals surface area contributed by atoms with Crippen LogP contribution >= 0.6 is 0 Å². The van der Waals surface area contributed by atoms with E-state index in [2.05, 4.69) is 0 Å². The number of nitro groups is 1. The van der Waals surface area contributed by atoms with Crippen LogP contribution in [-0.4, -0.2) is 39.5 Å². The summed E-state index contributed by atoms with van der Waals surface area (Å²) in [5.74, 6) is 0. The van der Waals surface area contributed by atoms with Gasteiger partial charge in [-0.1, -0.05) is 0 Å². The lowest BCUT2D eigenvalue weighted by atomic mass is 10.3. The van der Waals surface area contributed by atoms with Crippen molar-refractivity contribution in [2.45, 2.75) is 11.2 Å². The van der Waals surface area contributed by atoms with E-state index in [1.807, 2.05) is 0 Å². The van der Waals surface area contributed by atoms with Crippen molar-refractivity contribution in [1.29, 1.82) is 0 Å². The Morgan fingerprint density at radius 3 is 2.47 bits per heavy atom. The largest absolute Gasteiger partial charge is 0.374 e. The zero-order valence-corrected chi connectivity index (χ0v) is 10.5. The van der Waals surface area contributed by atoms with Crippen LogP contribution in [-0.2, 0) is 23.8 Å². The molecular formula is C10H11NO7S. The first-order chi connectivity index (χ1) is 8.99. The molecule has 0 radical (unpaired) electrons. The lowest BCUT2D eigenvalue weighted by Gasteiger charge is -2.22. The number of nitrogens with zero attached hydrogens (tertiary/aromatic N) is 1. The van der Waals surface area contributed by atoms with E-state index >= 15 is 0 Å². The van der Waals surface area contributed by atoms with Crippen molar-refractivity contribution in [3.05, 3.63) is 34.4 Å². The molecule has 2 rings (SSSR count). The maximum absolute atomic E-state index is 11.9. The minimum absolute atomic E-state index is 0.0201. The molecule has 104 valence electrons. The molecular weight excluding hydrogens is 278 g/mol. The molecule has 9 heteroatoms. The summed E-state index contributed by atoms with van der Waals surface area (Å²) in [6, 6.07) is 4.40. The first kappa shape index (κ1) is 13.9. The molecule has 1 atom stereocenters. The molecule has 0 aliphatic carbocycles. The van der Waals surface area contributed by atoms with Gasteiger partial charge in [-0.3, -0.25) is 10.1 Å². The first-order valence-corrected chi connectivity index (χ1v) is 6.77. The predicted octanol–water partition coefficient (Wildman–Crippen LogP) is 0.673. The van der Waals surface area contributed by atoms with E-state index in [-0.39, 0.29) is 23.8 Å². The van der Waals surface area contributed by atoms with Crippen molar-refractivity contribution in [3.8, 4) is 0 Å². The van der Waals surface area contributed by atoms with E-state index in [1.165, 1.54) is 0 Å². The van der Waals surface area contributed by atoms with Crippen LogP contribution in [0.4, 0.5) is 5.69 Å². The normalized spacial score (nSPS) is 20.1. The molecule has 1 aromatic carbocycles. The third-order valence-electron chi connectivity index (χ3n) is 2.36. The number of hydrogen-bond acceptors (Lipinski definition) is 7. The minimum Gasteiger partial charge on any atom is -0.374 e. The minimum atomic E-state index is -4.03. The number of hydrogen-bond donors (Lipinski definition) is 0. The van der Waals surface area contributed by atoms with Crippen LogP contribution in [0.1, 0.15) is 0 Å². The maximum Gasteiger partial charge on any atom is 0.299 e. The second-order valence-electron chi connectivity index (χ2n) is 3.68. The Bertz CT molecular complexity index is 548.